The van der Waals surface area contributed by atoms with Gasteiger partial charge in [-0.1, -0.05) is 68.4 Å². The number of benzene rings is 2. The van der Waals surface area contributed by atoms with Crippen molar-refractivity contribution < 1.29 is 0 Å². The number of hydrogen-bond donors (Lipinski definition) is 0. The van der Waals surface area contributed by atoms with Crippen molar-refractivity contribution in [3.63, 3.8) is 0 Å². The minimum atomic E-state index is 0.752. The van der Waals surface area contributed by atoms with Gasteiger partial charge in [-0.2, -0.15) is 0 Å². The summed E-state index contributed by atoms with van der Waals surface area (Å²) in [5.41, 5.74) is 3.61. The van der Waals surface area contributed by atoms with Crippen molar-refractivity contribution >= 4 is 33.3 Å². The molecule has 0 fully saturated rings. The summed E-state index contributed by atoms with van der Waals surface area (Å²) >= 11 is 3.69. The molecule has 0 spiro atoms. The molecular weight excluding hydrogens is 294 g/mol. The smallest absolute Gasteiger partial charge is 0.151 e. The van der Waals surface area contributed by atoms with Crippen LogP contribution in [0.5, 0.6) is 0 Å². The van der Waals surface area contributed by atoms with Crippen LogP contribution in [0.2, 0.25) is 0 Å². The molecule has 0 aliphatic carbocycles. The predicted molar refractivity (Wildman–Crippen MR) is 95.2 cm³/mol. The monoisotopic (exact) mass is 313 g/mol. The van der Waals surface area contributed by atoms with Gasteiger partial charge in [-0.3, -0.25) is 0 Å². The van der Waals surface area contributed by atoms with E-state index < -0.39 is 0 Å². The van der Waals surface area contributed by atoms with Crippen molar-refractivity contribution in [3.8, 4) is 11.1 Å². The Labute approximate surface area is 134 Å². The highest BCUT2D eigenvalue weighted by molar-refractivity contribution is 8.01. The van der Waals surface area contributed by atoms with Gasteiger partial charge in [0.25, 0.3) is 0 Å². The van der Waals surface area contributed by atoms with Crippen LogP contribution in [0.25, 0.3) is 21.3 Å². The van der Waals surface area contributed by atoms with Gasteiger partial charge in [0, 0.05) is 5.75 Å². The first-order chi connectivity index (χ1) is 10.3. The maximum absolute atomic E-state index is 4.79. The molecule has 0 bridgehead atoms. The third-order valence-corrected chi connectivity index (χ3v) is 6.17. The van der Waals surface area contributed by atoms with Crippen LogP contribution in [0, 0.1) is 5.92 Å². The SMILES string of the molecule is CCC(C)CSc1nc2cc(-c3ccccc3)ccc2s1. The lowest BCUT2D eigenvalue weighted by atomic mass is 10.1. The van der Waals surface area contributed by atoms with Gasteiger partial charge in [0.15, 0.2) is 4.34 Å². The van der Waals surface area contributed by atoms with Crippen LogP contribution < -0.4 is 0 Å². The molecule has 1 unspecified atom stereocenters. The van der Waals surface area contributed by atoms with Gasteiger partial charge in [-0.15, -0.1) is 11.3 Å². The molecule has 1 nitrogen and oxygen atoms in total. The molecule has 1 atom stereocenters. The van der Waals surface area contributed by atoms with Gasteiger partial charge < -0.3 is 0 Å². The number of thioether (sulfide) groups is 1. The van der Waals surface area contributed by atoms with E-state index in [1.54, 1.807) is 11.3 Å². The quantitative estimate of drug-likeness (QED) is 0.528. The Morgan fingerprint density at radius 1 is 1.10 bits per heavy atom. The molecule has 21 heavy (non-hydrogen) atoms. The van der Waals surface area contributed by atoms with E-state index in [-0.39, 0.29) is 0 Å². The number of hydrogen-bond acceptors (Lipinski definition) is 3. The van der Waals surface area contributed by atoms with Crippen molar-refractivity contribution in [2.24, 2.45) is 5.92 Å². The third kappa shape index (κ3) is 3.47. The third-order valence-electron chi connectivity index (χ3n) is 3.66. The maximum Gasteiger partial charge on any atom is 0.151 e. The summed E-state index contributed by atoms with van der Waals surface area (Å²) in [5, 5.41) is 0. The predicted octanol–water partition coefficient (Wildman–Crippen LogP) is 6.10. The van der Waals surface area contributed by atoms with E-state index in [2.05, 4.69) is 62.4 Å². The molecule has 0 saturated carbocycles. The highest BCUT2D eigenvalue weighted by Crippen LogP contribution is 2.33. The van der Waals surface area contributed by atoms with Crippen molar-refractivity contribution in [1.29, 1.82) is 0 Å². The summed E-state index contributed by atoms with van der Waals surface area (Å²) in [4.78, 5) is 4.79. The topological polar surface area (TPSA) is 12.9 Å². The Kier molecular flexibility index (Phi) is 4.61. The maximum atomic E-state index is 4.79. The fourth-order valence-corrected chi connectivity index (χ4v) is 4.32. The highest BCUT2D eigenvalue weighted by Gasteiger charge is 2.08. The van der Waals surface area contributed by atoms with Crippen LogP contribution in [0.3, 0.4) is 0 Å². The first-order valence-electron chi connectivity index (χ1n) is 7.35. The lowest BCUT2D eigenvalue weighted by molar-refractivity contribution is 0.637. The Balaban J connectivity index is 1.85. The number of aromatic nitrogens is 1. The van der Waals surface area contributed by atoms with Crippen LogP contribution in [-0.4, -0.2) is 10.7 Å². The van der Waals surface area contributed by atoms with Crippen LogP contribution >= 0.6 is 23.1 Å². The second kappa shape index (κ2) is 6.63. The summed E-state index contributed by atoms with van der Waals surface area (Å²) in [6.45, 7) is 4.55. The Morgan fingerprint density at radius 2 is 1.90 bits per heavy atom. The summed E-state index contributed by atoms with van der Waals surface area (Å²) in [6, 6.07) is 17.1. The minimum Gasteiger partial charge on any atom is -0.230 e. The average molecular weight is 313 g/mol. The zero-order valence-electron chi connectivity index (χ0n) is 12.4. The van der Waals surface area contributed by atoms with Gasteiger partial charge in [-0.05, 0) is 29.2 Å². The number of fused-ring (bicyclic) bond motifs is 1. The number of nitrogens with zero attached hydrogens (tertiary/aromatic N) is 1. The fourth-order valence-electron chi connectivity index (χ4n) is 2.11. The van der Waals surface area contributed by atoms with E-state index >= 15 is 0 Å². The largest absolute Gasteiger partial charge is 0.230 e. The molecule has 0 radical (unpaired) electrons. The Hall–Kier alpha value is -1.32. The number of rotatable bonds is 5. The molecule has 3 aromatic rings. The summed E-state index contributed by atoms with van der Waals surface area (Å²) in [7, 11) is 0. The molecular formula is C18H19NS2. The summed E-state index contributed by atoms with van der Waals surface area (Å²) in [5.74, 6) is 1.91. The lowest BCUT2D eigenvalue weighted by Crippen LogP contribution is -1.94. The average Bonchev–Trinajstić information content (AvgIpc) is 2.95. The van der Waals surface area contributed by atoms with Gasteiger partial charge >= 0.3 is 0 Å². The van der Waals surface area contributed by atoms with Crippen LogP contribution in [-0.2, 0) is 0 Å². The molecule has 1 aromatic heterocycles. The van der Waals surface area contributed by atoms with E-state index in [1.807, 2.05) is 11.8 Å². The van der Waals surface area contributed by atoms with E-state index in [0.29, 0.717) is 0 Å². The zero-order chi connectivity index (χ0) is 14.7. The molecule has 0 saturated heterocycles. The van der Waals surface area contributed by atoms with E-state index in [1.165, 1.54) is 26.6 Å². The first-order valence-corrected chi connectivity index (χ1v) is 9.15. The normalized spacial score (nSPS) is 12.7. The van der Waals surface area contributed by atoms with E-state index in [0.717, 1.165) is 17.2 Å². The standard InChI is InChI=1S/C18H19NS2/c1-3-13(2)12-20-18-19-16-11-15(9-10-17(16)21-18)14-7-5-4-6-8-14/h4-11,13H,3,12H2,1-2H3. The van der Waals surface area contributed by atoms with Gasteiger partial charge in [0.2, 0.25) is 0 Å². The van der Waals surface area contributed by atoms with Gasteiger partial charge in [0.1, 0.15) is 0 Å². The van der Waals surface area contributed by atoms with E-state index in [9.17, 15) is 0 Å². The van der Waals surface area contributed by atoms with Crippen LogP contribution in [0.4, 0.5) is 0 Å². The Bertz CT molecular complexity index is 718. The summed E-state index contributed by atoms with van der Waals surface area (Å²) < 4.78 is 2.47. The van der Waals surface area contributed by atoms with Crippen LogP contribution in [0.15, 0.2) is 52.9 Å². The van der Waals surface area contributed by atoms with E-state index in [4.69, 9.17) is 4.98 Å². The molecule has 108 valence electrons. The van der Waals surface area contributed by atoms with Crippen molar-refractivity contribution in [1.82, 2.24) is 4.98 Å². The molecule has 0 aliphatic rings. The van der Waals surface area contributed by atoms with Gasteiger partial charge in [-0.25, -0.2) is 4.98 Å². The Morgan fingerprint density at radius 3 is 2.67 bits per heavy atom. The number of thiazole rings is 1. The second-order valence-electron chi connectivity index (χ2n) is 5.35. The molecule has 1 heterocycles. The molecule has 3 rings (SSSR count). The second-order valence-corrected chi connectivity index (χ2v) is 7.65. The first kappa shape index (κ1) is 14.6. The van der Waals surface area contributed by atoms with Crippen molar-refractivity contribution in [2.45, 2.75) is 24.6 Å². The van der Waals surface area contributed by atoms with Gasteiger partial charge in [0.05, 0.1) is 10.2 Å². The zero-order valence-corrected chi connectivity index (χ0v) is 14.0. The lowest BCUT2D eigenvalue weighted by Gasteiger charge is -2.04. The van der Waals surface area contributed by atoms with Crippen molar-refractivity contribution in [2.75, 3.05) is 5.75 Å². The van der Waals surface area contributed by atoms with Crippen LogP contribution in [0.1, 0.15) is 20.3 Å². The minimum absolute atomic E-state index is 0.752. The molecule has 2 aromatic carbocycles. The summed E-state index contributed by atoms with van der Waals surface area (Å²) in [6.07, 6.45) is 1.23. The molecule has 0 amide bonds. The molecule has 0 N–H and O–H groups in total. The van der Waals surface area contributed by atoms with Crippen molar-refractivity contribution in [3.05, 3.63) is 48.5 Å². The fraction of sp³-hybridized carbons (Fsp3) is 0.278. The highest BCUT2D eigenvalue weighted by atomic mass is 32.2. The molecule has 0 aliphatic heterocycles. The molecule has 3 heteroatoms.